The Balaban J connectivity index is 3.84. The average Bonchev–Trinajstić information content (AvgIpc) is 3.36. The first-order valence-corrected chi connectivity index (χ1v) is 32.8. The molecule has 0 fully saturated rings. The number of phosphoric ester groups is 1. The average molecular weight is 1060 g/mol. The van der Waals surface area contributed by atoms with Crippen LogP contribution in [0.4, 0.5) is 0 Å². The molecule has 0 bridgehead atoms. The van der Waals surface area contributed by atoms with Crippen molar-refractivity contribution in [3.63, 3.8) is 0 Å². The van der Waals surface area contributed by atoms with Gasteiger partial charge in [-0.3, -0.25) is 14.2 Å². The summed E-state index contributed by atoms with van der Waals surface area (Å²) in [4.78, 5) is 37.7. The van der Waals surface area contributed by atoms with E-state index in [1.54, 1.807) is 0 Å². The lowest BCUT2D eigenvalue weighted by Crippen LogP contribution is -2.37. The van der Waals surface area contributed by atoms with E-state index in [-0.39, 0.29) is 32.0 Å². The van der Waals surface area contributed by atoms with Gasteiger partial charge in [-0.25, -0.2) is 0 Å². The molecular formula is C64H120NO8P. The summed E-state index contributed by atoms with van der Waals surface area (Å²) in [5.74, 6) is -0.819. The molecule has 434 valence electrons. The fourth-order valence-corrected chi connectivity index (χ4v) is 9.79. The van der Waals surface area contributed by atoms with Gasteiger partial charge in [-0.15, -0.1) is 0 Å². The van der Waals surface area contributed by atoms with Gasteiger partial charge in [0.1, 0.15) is 19.8 Å². The molecule has 10 heteroatoms. The summed E-state index contributed by atoms with van der Waals surface area (Å²) >= 11 is 0. The summed E-state index contributed by atoms with van der Waals surface area (Å²) in [6.07, 6.45) is 70.6. The molecule has 0 N–H and O–H groups in total. The van der Waals surface area contributed by atoms with Crippen molar-refractivity contribution >= 4 is 19.8 Å². The van der Waals surface area contributed by atoms with Crippen molar-refractivity contribution in [1.82, 2.24) is 0 Å². The molecule has 9 nitrogen and oxygen atoms in total. The monoisotopic (exact) mass is 1060 g/mol. The van der Waals surface area contributed by atoms with Crippen molar-refractivity contribution in [3.8, 4) is 0 Å². The maximum atomic E-state index is 12.8. The number of hydrogen-bond acceptors (Lipinski definition) is 8. The van der Waals surface area contributed by atoms with Crippen LogP contribution < -0.4 is 4.89 Å². The van der Waals surface area contributed by atoms with Crippen LogP contribution in [0.25, 0.3) is 0 Å². The Kier molecular flexibility index (Phi) is 54.2. The van der Waals surface area contributed by atoms with Crippen LogP contribution in [0.2, 0.25) is 0 Å². The Morgan fingerprint density at radius 1 is 0.432 bits per heavy atom. The molecule has 0 aromatic rings. The molecular weight excluding hydrogens is 942 g/mol. The molecule has 0 aromatic carbocycles. The second kappa shape index (κ2) is 55.7. The molecule has 0 heterocycles. The van der Waals surface area contributed by atoms with E-state index in [4.69, 9.17) is 18.5 Å². The van der Waals surface area contributed by atoms with Crippen molar-refractivity contribution in [2.45, 2.75) is 302 Å². The minimum atomic E-state index is -4.63. The van der Waals surface area contributed by atoms with Gasteiger partial charge in [-0.1, -0.05) is 281 Å². The molecule has 0 spiro atoms. The summed E-state index contributed by atoms with van der Waals surface area (Å²) in [5.41, 5.74) is 0. The smallest absolute Gasteiger partial charge is 0.306 e. The van der Waals surface area contributed by atoms with Gasteiger partial charge in [-0.05, 0) is 51.4 Å². The van der Waals surface area contributed by atoms with Crippen molar-refractivity contribution < 1.29 is 42.1 Å². The van der Waals surface area contributed by atoms with Crippen LogP contribution in [0.3, 0.4) is 0 Å². The zero-order chi connectivity index (χ0) is 54.2. The van der Waals surface area contributed by atoms with Crippen LogP contribution in [-0.4, -0.2) is 70.0 Å². The Morgan fingerprint density at radius 2 is 0.770 bits per heavy atom. The summed E-state index contributed by atoms with van der Waals surface area (Å²) in [7, 11) is 1.18. The molecule has 2 unspecified atom stereocenters. The number of ether oxygens (including phenoxy) is 2. The number of rotatable bonds is 58. The quantitative estimate of drug-likeness (QED) is 0.0195. The SMILES string of the molecule is CC/C=C\C/C=C\C/C=C\C/C=C\CCCCCCCCCCCCCCCCCCCCCCCCCCCCC(=O)OC(COC(=O)CCCCCCCCCCCCC)COP(=O)([O-])OCC[N+](C)(C)C. The predicted octanol–water partition coefficient (Wildman–Crippen LogP) is 19.1. The molecule has 0 aromatic heterocycles. The number of phosphoric acid groups is 1. The fourth-order valence-electron chi connectivity index (χ4n) is 9.06. The van der Waals surface area contributed by atoms with E-state index in [1.165, 1.54) is 205 Å². The highest BCUT2D eigenvalue weighted by molar-refractivity contribution is 7.45. The number of unbranched alkanes of at least 4 members (excludes halogenated alkanes) is 36. The second-order valence-corrected chi connectivity index (χ2v) is 23.8. The van der Waals surface area contributed by atoms with Gasteiger partial charge in [0, 0.05) is 12.8 Å². The Labute approximate surface area is 458 Å². The first kappa shape index (κ1) is 72.0. The van der Waals surface area contributed by atoms with Crippen LogP contribution in [-0.2, 0) is 32.7 Å². The number of nitrogens with zero attached hydrogens (tertiary/aromatic N) is 1. The topological polar surface area (TPSA) is 111 Å². The standard InChI is InChI=1S/C64H120NO8P/c1-6-8-10-12-14-16-18-19-20-21-22-23-24-25-26-27-28-29-30-31-32-33-34-35-36-37-38-39-40-41-42-43-44-45-47-49-51-53-55-57-64(67)73-62(61-72-74(68,69)71-59-58-65(3,4)5)60-70-63(66)56-54-52-50-48-46-17-15-13-11-9-7-2/h8,10,14,16,19-20,22-23,62H,6-7,9,11-13,15,17-18,21,24-61H2,1-5H3/b10-8-,16-14-,20-19-,23-22-. The highest BCUT2D eigenvalue weighted by Crippen LogP contribution is 2.38. The van der Waals surface area contributed by atoms with Gasteiger partial charge in [0.05, 0.1) is 27.7 Å². The predicted molar refractivity (Wildman–Crippen MR) is 314 cm³/mol. The first-order chi connectivity index (χ1) is 36.0. The zero-order valence-corrected chi connectivity index (χ0v) is 50.2. The first-order valence-electron chi connectivity index (χ1n) is 31.3. The molecule has 0 aliphatic carbocycles. The summed E-state index contributed by atoms with van der Waals surface area (Å²) < 4.78 is 34.1. The van der Waals surface area contributed by atoms with Crippen molar-refractivity contribution in [1.29, 1.82) is 0 Å². The maximum absolute atomic E-state index is 12.8. The minimum Gasteiger partial charge on any atom is -0.756 e. The van der Waals surface area contributed by atoms with Crippen molar-refractivity contribution in [2.24, 2.45) is 0 Å². The Hall–Kier alpha value is -2.03. The summed E-state index contributed by atoms with van der Waals surface area (Å²) in [5, 5.41) is 0. The number of esters is 2. The lowest BCUT2D eigenvalue weighted by molar-refractivity contribution is -0.870. The van der Waals surface area contributed by atoms with E-state index >= 15 is 0 Å². The van der Waals surface area contributed by atoms with Gasteiger partial charge in [-0.2, -0.15) is 0 Å². The van der Waals surface area contributed by atoms with E-state index in [9.17, 15) is 19.0 Å². The van der Waals surface area contributed by atoms with Gasteiger partial charge in [0.15, 0.2) is 6.10 Å². The number of quaternary nitrogens is 1. The molecule has 0 rings (SSSR count). The van der Waals surface area contributed by atoms with Crippen LogP contribution in [0, 0.1) is 0 Å². The second-order valence-electron chi connectivity index (χ2n) is 22.4. The van der Waals surface area contributed by atoms with Gasteiger partial charge in [0.25, 0.3) is 7.82 Å². The van der Waals surface area contributed by atoms with Crippen LogP contribution in [0.1, 0.15) is 296 Å². The molecule has 0 aliphatic heterocycles. The lowest BCUT2D eigenvalue weighted by atomic mass is 10.0. The number of hydrogen-bond donors (Lipinski definition) is 0. The normalized spacial score (nSPS) is 13.5. The zero-order valence-electron chi connectivity index (χ0n) is 49.3. The highest BCUT2D eigenvalue weighted by Gasteiger charge is 2.22. The van der Waals surface area contributed by atoms with Gasteiger partial charge in [0.2, 0.25) is 0 Å². The third kappa shape index (κ3) is 59.2. The number of carbonyl (C=O) groups is 2. The van der Waals surface area contributed by atoms with Crippen LogP contribution >= 0.6 is 7.82 Å². The molecule has 74 heavy (non-hydrogen) atoms. The number of allylic oxidation sites excluding steroid dienone is 8. The van der Waals surface area contributed by atoms with Crippen LogP contribution in [0.15, 0.2) is 48.6 Å². The minimum absolute atomic E-state index is 0.0276. The number of likely N-dealkylation sites (N-methyl/N-ethyl adjacent to an activating group) is 1. The van der Waals surface area contributed by atoms with E-state index < -0.39 is 26.5 Å². The highest BCUT2D eigenvalue weighted by atomic mass is 31.2. The molecule has 0 radical (unpaired) electrons. The van der Waals surface area contributed by atoms with Gasteiger partial charge >= 0.3 is 11.9 Å². The van der Waals surface area contributed by atoms with Crippen LogP contribution in [0.5, 0.6) is 0 Å². The Morgan fingerprint density at radius 3 is 1.15 bits per heavy atom. The molecule has 0 amide bonds. The maximum Gasteiger partial charge on any atom is 0.306 e. The molecule has 0 aliphatic rings. The fraction of sp³-hybridized carbons (Fsp3) is 0.844. The summed E-state index contributed by atoms with van der Waals surface area (Å²) in [6, 6.07) is 0. The molecule has 2 atom stereocenters. The van der Waals surface area contributed by atoms with E-state index in [1.807, 2.05) is 21.1 Å². The van der Waals surface area contributed by atoms with Crippen molar-refractivity contribution in [3.05, 3.63) is 48.6 Å². The number of carbonyl (C=O) groups excluding carboxylic acids is 2. The third-order valence-corrected chi connectivity index (χ3v) is 14.8. The van der Waals surface area contributed by atoms with Crippen molar-refractivity contribution in [2.75, 3.05) is 47.5 Å². The van der Waals surface area contributed by atoms with Gasteiger partial charge < -0.3 is 27.9 Å². The Bertz CT molecular complexity index is 1390. The lowest BCUT2D eigenvalue weighted by Gasteiger charge is -2.28. The molecule has 0 saturated heterocycles. The third-order valence-electron chi connectivity index (χ3n) is 13.9. The van der Waals surface area contributed by atoms with E-state index in [0.717, 1.165) is 57.8 Å². The largest absolute Gasteiger partial charge is 0.756 e. The summed E-state index contributed by atoms with van der Waals surface area (Å²) in [6.45, 7) is 4.15. The molecule has 0 saturated carbocycles. The van der Waals surface area contributed by atoms with E-state index in [0.29, 0.717) is 17.4 Å². The van der Waals surface area contributed by atoms with E-state index in [2.05, 4.69) is 62.5 Å².